The van der Waals surface area contributed by atoms with Crippen molar-refractivity contribution in [2.45, 2.75) is 25.8 Å². The summed E-state index contributed by atoms with van der Waals surface area (Å²) in [5.41, 5.74) is 5.99. The van der Waals surface area contributed by atoms with Crippen molar-refractivity contribution >= 4 is 5.95 Å². The van der Waals surface area contributed by atoms with Crippen LogP contribution >= 0.6 is 0 Å². The fourth-order valence-electron chi connectivity index (χ4n) is 2.27. The second-order valence-corrected chi connectivity index (χ2v) is 4.82. The molecule has 7 heteroatoms. The molecule has 2 N–H and O–H groups in total. The van der Waals surface area contributed by atoms with Crippen LogP contribution in [-0.2, 0) is 0 Å². The number of hydrogen-bond acceptors (Lipinski definition) is 7. The molecule has 0 spiro atoms. The molecule has 0 amide bonds. The third-order valence-electron chi connectivity index (χ3n) is 3.43. The Balaban J connectivity index is 2.20. The van der Waals surface area contributed by atoms with Crippen LogP contribution < -0.4 is 20.1 Å². The standard InChI is InChI=1S/C12H21N5O2/c1-8(13)9-5-4-6-17(7-9)10-14-11(18-2)16-12(15-10)19-3/h8-9H,4-7,13H2,1-3H3. The van der Waals surface area contributed by atoms with Crippen LogP contribution in [-0.4, -0.2) is 48.3 Å². The van der Waals surface area contributed by atoms with E-state index < -0.39 is 0 Å². The molecule has 0 aliphatic carbocycles. The van der Waals surface area contributed by atoms with Crippen molar-refractivity contribution in [1.29, 1.82) is 0 Å². The van der Waals surface area contributed by atoms with Gasteiger partial charge in [-0.25, -0.2) is 0 Å². The van der Waals surface area contributed by atoms with Crippen molar-refractivity contribution in [3.63, 3.8) is 0 Å². The lowest BCUT2D eigenvalue weighted by molar-refractivity contribution is 0.332. The Morgan fingerprint density at radius 3 is 2.37 bits per heavy atom. The average molecular weight is 267 g/mol. The van der Waals surface area contributed by atoms with Gasteiger partial charge in [0.1, 0.15) is 0 Å². The average Bonchev–Trinajstić information content (AvgIpc) is 2.46. The molecule has 7 nitrogen and oxygen atoms in total. The number of methoxy groups -OCH3 is 2. The summed E-state index contributed by atoms with van der Waals surface area (Å²) in [4.78, 5) is 14.7. The first-order chi connectivity index (χ1) is 9.13. The van der Waals surface area contributed by atoms with Gasteiger partial charge in [-0.3, -0.25) is 0 Å². The topological polar surface area (TPSA) is 86.4 Å². The first-order valence-corrected chi connectivity index (χ1v) is 6.48. The van der Waals surface area contributed by atoms with Crippen LogP contribution in [0.4, 0.5) is 5.95 Å². The van der Waals surface area contributed by atoms with Crippen molar-refractivity contribution in [3.05, 3.63) is 0 Å². The first kappa shape index (κ1) is 13.8. The summed E-state index contributed by atoms with van der Waals surface area (Å²) in [6.07, 6.45) is 2.23. The smallest absolute Gasteiger partial charge is 0.324 e. The normalized spacial score (nSPS) is 21.1. The van der Waals surface area contributed by atoms with Crippen molar-refractivity contribution in [1.82, 2.24) is 15.0 Å². The van der Waals surface area contributed by atoms with E-state index in [4.69, 9.17) is 15.2 Å². The molecule has 0 bridgehead atoms. The fraction of sp³-hybridized carbons (Fsp3) is 0.750. The zero-order chi connectivity index (χ0) is 13.8. The third kappa shape index (κ3) is 3.23. The van der Waals surface area contributed by atoms with Gasteiger partial charge in [-0.05, 0) is 25.7 Å². The van der Waals surface area contributed by atoms with Crippen molar-refractivity contribution in [2.24, 2.45) is 11.7 Å². The molecule has 2 rings (SSSR count). The number of hydrogen-bond donors (Lipinski definition) is 1. The molecule has 1 aromatic rings. The molecule has 2 heterocycles. The minimum absolute atomic E-state index is 0.174. The quantitative estimate of drug-likeness (QED) is 0.847. The highest BCUT2D eigenvalue weighted by Crippen LogP contribution is 2.24. The van der Waals surface area contributed by atoms with E-state index >= 15 is 0 Å². The molecule has 19 heavy (non-hydrogen) atoms. The molecule has 0 aromatic carbocycles. The van der Waals surface area contributed by atoms with Gasteiger partial charge < -0.3 is 20.1 Å². The lowest BCUT2D eigenvalue weighted by atomic mass is 9.92. The zero-order valence-electron chi connectivity index (χ0n) is 11.7. The van der Waals surface area contributed by atoms with Gasteiger partial charge in [0, 0.05) is 19.1 Å². The van der Waals surface area contributed by atoms with Crippen molar-refractivity contribution in [2.75, 3.05) is 32.2 Å². The van der Waals surface area contributed by atoms with Gasteiger partial charge in [0.2, 0.25) is 5.95 Å². The highest BCUT2D eigenvalue weighted by atomic mass is 16.5. The number of anilines is 1. The Kier molecular flexibility index (Phi) is 4.36. The molecular formula is C12H21N5O2. The van der Waals surface area contributed by atoms with E-state index in [0.29, 0.717) is 11.9 Å². The molecule has 1 aliphatic rings. The summed E-state index contributed by atoms with van der Waals surface area (Å²) in [5, 5.41) is 0. The Bertz CT molecular complexity index is 404. The summed E-state index contributed by atoms with van der Waals surface area (Å²) in [7, 11) is 3.05. The summed E-state index contributed by atoms with van der Waals surface area (Å²) < 4.78 is 10.1. The highest BCUT2D eigenvalue weighted by Gasteiger charge is 2.25. The predicted molar refractivity (Wildman–Crippen MR) is 71.5 cm³/mol. The second kappa shape index (κ2) is 6.01. The van der Waals surface area contributed by atoms with Gasteiger partial charge in [-0.1, -0.05) is 0 Å². The van der Waals surface area contributed by atoms with E-state index in [0.717, 1.165) is 25.9 Å². The number of aromatic nitrogens is 3. The first-order valence-electron chi connectivity index (χ1n) is 6.48. The molecule has 1 fully saturated rings. The van der Waals surface area contributed by atoms with Gasteiger partial charge in [0.05, 0.1) is 14.2 Å². The largest absolute Gasteiger partial charge is 0.467 e. The monoisotopic (exact) mass is 267 g/mol. The van der Waals surface area contributed by atoms with Gasteiger partial charge in [-0.2, -0.15) is 9.97 Å². The maximum atomic E-state index is 5.99. The minimum Gasteiger partial charge on any atom is -0.467 e. The van der Waals surface area contributed by atoms with E-state index in [9.17, 15) is 0 Å². The molecule has 0 saturated carbocycles. The van der Waals surface area contributed by atoms with E-state index in [-0.39, 0.29) is 18.1 Å². The maximum absolute atomic E-state index is 5.99. The summed E-state index contributed by atoms with van der Waals surface area (Å²) in [5.74, 6) is 1.05. The SMILES string of the molecule is COc1nc(OC)nc(N2CCCC(C(C)N)C2)n1. The Morgan fingerprint density at radius 1 is 1.21 bits per heavy atom. The number of piperidine rings is 1. The number of ether oxygens (including phenoxy) is 2. The fourth-order valence-corrected chi connectivity index (χ4v) is 2.27. The van der Waals surface area contributed by atoms with Gasteiger partial charge in [-0.15, -0.1) is 4.98 Å². The second-order valence-electron chi connectivity index (χ2n) is 4.82. The number of rotatable bonds is 4. The van der Waals surface area contributed by atoms with E-state index in [1.165, 1.54) is 14.2 Å². The van der Waals surface area contributed by atoms with Crippen LogP contribution in [0.25, 0.3) is 0 Å². The van der Waals surface area contributed by atoms with Gasteiger partial charge in [0.25, 0.3) is 0 Å². The molecule has 2 atom stereocenters. The van der Waals surface area contributed by atoms with E-state index in [1.807, 2.05) is 6.92 Å². The summed E-state index contributed by atoms with van der Waals surface area (Å²) in [6.45, 7) is 3.82. The summed E-state index contributed by atoms with van der Waals surface area (Å²) in [6, 6.07) is 0.711. The Labute approximate surface area is 113 Å². The lowest BCUT2D eigenvalue weighted by Gasteiger charge is -2.34. The lowest BCUT2D eigenvalue weighted by Crippen LogP contribution is -2.43. The third-order valence-corrected chi connectivity index (χ3v) is 3.43. The number of nitrogens with zero attached hydrogens (tertiary/aromatic N) is 4. The van der Waals surface area contributed by atoms with E-state index in [1.54, 1.807) is 0 Å². The molecule has 2 unspecified atom stereocenters. The molecular weight excluding hydrogens is 246 g/mol. The van der Waals surface area contributed by atoms with Gasteiger partial charge in [0.15, 0.2) is 0 Å². The molecule has 0 radical (unpaired) electrons. The van der Waals surface area contributed by atoms with Gasteiger partial charge >= 0.3 is 12.0 Å². The van der Waals surface area contributed by atoms with Crippen LogP contribution in [0.5, 0.6) is 12.0 Å². The Hall–Kier alpha value is -1.63. The van der Waals surface area contributed by atoms with Crippen LogP contribution in [0.1, 0.15) is 19.8 Å². The van der Waals surface area contributed by atoms with Crippen LogP contribution in [0.15, 0.2) is 0 Å². The van der Waals surface area contributed by atoms with Crippen LogP contribution in [0.2, 0.25) is 0 Å². The summed E-state index contributed by atoms with van der Waals surface area (Å²) >= 11 is 0. The van der Waals surface area contributed by atoms with Crippen molar-refractivity contribution in [3.8, 4) is 12.0 Å². The minimum atomic E-state index is 0.174. The maximum Gasteiger partial charge on any atom is 0.324 e. The van der Waals surface area contributed by atoms with Crippen LogP contribution in [0, 0.1) is 5.92 Å². The van der Waals surface area contributed by atoms with Crippen molar-refractivity contribution < 1.29 is 9.47 Å². The van der Waals surface area contributed by atoms with E-state index in [2.05, 4.69) is 19.9 Å². The molecule has 1 saturated heterocycles. The van der Waals surface area contributed by atoms with Crippen LogP contribution in [0.3, 0.4) is 0 Å². The highest BCUT2D eigenvalue weighted by molar-refractivity contribution is 5.33. The Morgan fingerprint density at radius 2 is 1.84 bits per heavy atom. The molecule has 1 aliphatic heterocycles. The predicted octanol–water partition coefficient (Wildman–Crippen LogP) is 0.452. The molecule has 1 aromatic heterocycles. The zero-order valence-corrected chi connectivity index (χ0v) is 11.7. The number of nitrogens with two attached hydrogens (primary N) is 1. The molecule has 106 valence electrons.